The summed E-state index contributed by atoms with van der Waals surface area (Å²) in [5, 5.41) is 9.39. The highest BCUT2D eigenvalue weighted by atomic mass is 35.5. The molecule has 1 atom stereocenters. The van der Waals surface area contributed by atoms with Crippen molar-refractivity contribution in [2.75, 3.05) is 0 Å². The van der Waals surface area contributed by atoms with Crippen LogP contribution in [0.3, 0.4) is 0 Å². The van der Waals surface area contributed by atoms with Gasteiger partial charge in [0, 0.05) is 0 Å². The second-order valence-electron chi connectivity index (χ2n) is 0.599. The van der Waals surface area contributed by atoms with E-state index in [-0.39, 0.29) is 18.6 Å². The molecule has 1 unspecified atom stereocenters. The maximum Gasteiger partial charge on any atom is -0.0691 e. The van der Waals surface area contributed by atoms with Crippen LogP contribution in [0.25, 0.3) is 0 Å². The third-order valence-electron chi connectivity index (χ3n) is 0. The van der Waals surface area contributed by atoms with E-state index in [1.807, 2.05) is 0 Å². The van der Waals surface area contributed by atoms with Gasteiger partial charge in [0.15, 0.2) is 0 Å². The second-order valence-corrected chi connectivity index (χ2v) is 1.33. The predicted molar refractivity (Wildman–Crippen MR) is 31.7 cm³/mol. The average molecular weight is 132 g/mol. The first-order valence-electron chi connectivity index (χ1n) is 1.07. The van der Waals surface area contributed by atoms with Gasteiger partial charge in [0.05, 0.1) is 0 Å². The molecule has 0 aromatic rings. The van der Waals surface area contributed by atoms with Crippen LogP contribution in [-0.2, 0) is 0 Å². The second kappa shape index (κ2) is 9.12. The number of halogens is 1. The van der Waals surface area contributed by atoms with E-state index in [0.29, 0.717) is 0 Å². The molecular weight excluding hydrogens is 122 g/mol. The van der Waals surface area contributed by atoms with Crippen molar-refractivity contribution in [2.45, 2.75) is 12.4 Å². The summed E-state index contributed by atoms with van der Waals surface area (Å²) in [4.78, 5) is 0. The molecule has 6 heavy (non-hydrogen) atoms. The minimum absolute atomic E-state index is 0. The Morgan fingerprint density at radius 1 is 1.67 bits per heavy atom. The number of rotatable bonds is 0. The van der Waals surface area contributed by atoms with Crippen molar-refractivity contribution >= 4 is 25.0 Å². The van der Waals surface area contributed by atoms with Gasteiger partial charge in [-0.2, -0.15) is 12.6 Å². The molecule has 0 amide bonds. The smallest absolute Gasteiger partial charge is 0.0691 e. The maximum absolute atomic E-state index is 9.39. The van der Waals surface area contributed by atoms with Crippen LogP contribution in [-0.4, -0.2) is 5.44 Å². The van der Waals surface area contributed by atoms with Crippen LogP contribution in [0, 0.1) is 0 Å². The summed E-state index contributed by atoms with van der Waals surface area (Å²) in [7, 11) is 0. The lowest BCUT2D eigenvalue weighted by molar-refractivity contribution is -0.379. The molecule has 0 saturated carbocycles. The van der Waals surface area contributed by atoms with E-state index in [2.05, 4.69) is 12.6 Å². The van der Waals surface area contributed by atoms with Gasteiger partial charge >= 0.3 is 0 Å². The SMILES string of the molecule is CC([O-])S.Cl.[NH4+]. The Labute approximate surface area is 49.3 Å². The van der Waals surface area contributed by atoms with Crippen molar-refractivity contribution in [1.29, 1.82) is 0 Å². The van der Waals surface area contributed by atoms with Crippen molar-refractivity contribution in [3.05, 3.63) is 0 Å². The third kappa shape index (κ3) is 184. The fourth-order valence-corrected chi connectivity index (χ4v) is 0. The molecule has 4 N–H and O–H groups in total. The zero-order valence-electron chi connectivity index (χ0n) is 3.84. The standard InChI is InChI=1S/C2H5OS.ClH.H3N/c1-2(3)4;;/h2,4H,1H3;1H;1H3/q-1;;/p+1. The van der Waals surface area contributed by atoms with Crippen molar-refractivity contribution in [2.24, 2.45) is 0 Å². The van der Waals surface area contributed by atoms with Gasteiger partial charge in [-0.15, -0.1) is 12.4 Å². The summed E-state index contributed by atoms with van der Waals surface area (Å²) in [6, 6.07) is 0. The van der Waals surface area contributed by atoms with Crippen molar-refractivity contribution < 1.29 is 5.11 Å². The molecule has 0 aliphatic carbocycles. The number of hydrogen-bond donors (Lipinski definition) is 2. The molecule has 42 valence electrons. The van der Waals surface area contributed by atoms with Crippen molar-refractivity contribution in [3.8, 4) is 0 Å². The van der Waals surface area contributed by atoms with Crippen LogP contribution >= 0.6 is 25.0 Å². The van der Waals surface area contributed by atoms with E-state index in [1.54, 1.807) is 0 Å². The molecule has 0 radical (unpaired) electrons. The summed E-state index contributed by atoms with van der Waals surface area (Å²) < 4.78 is 0. The van der Waals surface area contributed by atoms with E-state index in [1.165, 1.54) is 6.92 Å². The Bertz CT molecular complexity index is 18.3. The first-order valence-corrected chi connectivity index (χ1v) is 1.59. The molecule has 0 spiro atoms. The number of thiol groups is 1. The Balaban J connectivity index is -0.0000000450. The Morgan fingerprint density at radius 3 is 1.67 bits per heavy atom. The zero-order valence-corrected chi connectivity index (χ0v) is 5.55. The minimum Gasteiger partial charge on any atom is -0.844 e. The summed E-state index contributed by atoms with van der Waals surface area (Å²) >= 11 is 3.41. The first kappa shape index (κ1) is 16.0. The van der Waals surface area contributed by atoms with Gasteiger partial charge in [-0.05, 0) is 0 Å². The highest BCUT2D eigenvalue weighted by Gasteiger charge is 1.54. The van der Waals surface area contributed by atoms with Crippen LogP contribution < -0.4 is 11.3 Å². The van der Waals surface area contributed by atoms with E-state index >= 15 is 0 Å². The van der Waals surface area contributed by atoms with Crippen LogP contribution in [0.5, 0.6) is 0 Å². The molecule has 0 aromatic heterocycles. The molecule has 0 fully saturated rings. The monoisotopic (exact) mass is 131 g/mol. The maximum atomic E-state index is 9.39. The normalized spacial score (nSPS) is 10.5. The fraction of sp³-hybridized carbons (Fsp3) is 1.00. The van der Waals surface area contributed by atoms with Gasteiger partial charge in [-0.3, -0.25) is 0 Å². The molecule has 4 heteroatoms. The zero-order chi connectivity index (χ0) is 3.58. The van der Waals surface area contributed by atoms with Crippen LogP contribution in [0.15, 0.2) is 0 Å². The summed E-state index contributed by atoms with van der Waals surface area (Å²) in [5.41, 5.74) is -0.722. The van der Waals surface area contributed by atoms with E-state index in [9.17, 15) is 5.11 Å². The summed E-state index contributed by atoms with van der Waals surface area (Å²) in [5.74, 6) is 0. The van der Waals surface area contributed by atoms with E-state index < -0.39 is 5.44 Å². The lowest BCUT2D eigenvalue weighted by atomic mass is 10.9. The van der Waals surface area contributed by atoms with Crippen LogP contribution in [0.4, 0.5) is 0 Å². The predicted octanol–water partition coefficient (Wildman–Crippen LogP) is 0.420. The fourth-order valence-electron chi connectivity index (χ4n) is 0. The molecule has 0 rings (SSSR count). The molecule has 0 bridgehead atoms. The first-order chi connectivity index (χ1) is 1.73. The van der Waals surface area contributed by atoms with Crippen LogP contribution in [0.2, 0.25) is 0 Å². The van der Waals surface area contributed by atoms with Crippen molar-refractivity contribution in [1.82, 2.24) is 6.15 Å². The molecule has 0 aliphatic heterocycles. The van der Waals surface area contributed by atoms with Gasteiger partial charge < -0.3 is 11.3 Å². The quantitative estimate of drug-likeness (QED) is 0.363. The van der Waals surface area contributed by atoms with Crippen LogP contribution in [0.1, 0.15) is 6.92 Å². The van der Waals surface area contributed by atoms with Gasteiger partial charge in [0.2, 0.25) is 0 Å². The largest absolute Gasteiger partial charge is 0.844 e. The Morgan fingerprint density at radius 2 is 1.67 bits per heavy atom. The van der Waals surface area contributed by atoms with Gasteiger partial charge in [-0.25, -0.2) is 0 Å². The van der Waals surface area contributed by atoms with E-state index in [4.69, 9.17) is 0 Å². The molecule has 0 aromatic carbocycles. The van der Waals surface area contributed by atoms with E-state index in [0.717, 1.165) is 0 Å². The number of quaternary nitrogens is 1. The lowest BCUT2D eigenvalue weighted by Gasteiger charge is -2.01. The molecule has 2 nitrogen and oxygen atoms in total. The van der Waals surface area contributed by atoms with Gasteiger partial charge in [0.25, 0.3) is 0 Å². The van der Waals surface area contributed by atoms with Crippen molar-refractivity contribution in [3.63, 3.8) is 0 Å². The van der Waals surface area contributed by atoms with Gasteiger partial charge in [0.1, 0.15) is 0 Å². The molecule has 0 aliphatic rings. The summed E-state index contributed by atoms with van der Waals surface area (Å²) in [6.07, 6.45) is 0. The average Bonchev–Trinajstić information content (AvgIpc) is 0.811. The Kier molecular flexibility index (Phi) is 24.3. The highest BCUT2D eigenvalue weighted by molar-refractivity contribution is 7.80. The highest BCUT2D eigenvalue weighted by Crippen LogP contribution is 1.72. The molecule has 0 saturated heterocycles. The topological polar surface area (TPSA) is 59.6 Å². The lowest BCUT2D eigenvalue weighted by Crippen LogP contribution is -2.10. The minimum atomic E-state index is -0.722. The van der Waals surface area contributed by atoms with Gasteiger partial charge in [-0.1, -0.05) is 12.4 Å². The number of hydrogen-bond acceptors (Lipinski definition) is 2. The Hall–Kier alpha value is 0.560. The molecular formula is C2H10ClNOS. The molecule has 0 heterocycles. The third-order valence-corrected chi connectivity index (χ3v) is 0. The summed E-state index contributed by atoms with van der Waals surface area (Å²) in [6.45, 7) is 1.48.